The first kappa shape index (κ1) is 9.85. The molecule has 0 fully saturated rings. The quantitative estimate of drug-likeness (QED) is 0.426. The summed E-state index contributed by atoms with van der Waals surface area (Å²) < 4.78 is 4.93. The summed E-state index contributed by atoms with van der Waals surface area (Å²) in [6, 6.07) is 4.69. The van der Waals surface area contributed by atoms with Crippen molar-refractivity contribution in [2.75, 3.05) is 13.4 Å². The maximum atomic E-state index is 10.5. The summed E-state index contributed by atoms with van der Waals surface area (Å²) in [6.45, 7) is 0. The summed E-state index contributed by atoms with van der Waals surface area (Å²) in [4.78, 5) is 10.9. The van der Waals surface area contributed by atoms with Crippen LogP contribution in [-0.4, -0.2) is 18.3 Å². The van der Waals surface area contributed by atoms with Crippen molar-refractivity contribution in [3.8, 4) is 5.75 Å². The minimum absolute atomic E-state index is 0.0590. The molecule has 0 saturated heterocycles. The molecule has 0 heterocycles. The Bertz CT molecular complexity index is 305. The van der Waals surface area contributed by atoms with Gasteiger partial charge in [-0.1, -0.05) is 0 Å². The minimum Gasteiger partial charge on any atom is -0.496 e. The van der Waals surface area contributed by atoms with Crippen LogP contribution >= 0.6 is 11.8 Å². The Morgan fingerprint density at radius 2 is 2.15 bits per heavy atom. The Kier molecular flexibility index (Phi) is 3.13. The second kappa shape index (κ2) is 4.13. The maximum absolute atomic E-state index is 10.5. The van der Waals surface area contributed by atoms with Gasteiger partial charge in [0.05, 0.1) is 18.1 Å². The summed E-state index contributed by atoms with van der Waals surface area (Å²) in [5.74, 6) is 0.513. The summed E-state index contributed by atoms with van der Waals surface area (Å²) in [5.41, 5.74) is 0.0590. The highest BCUT2D eigenvalue weighted by molar-refractivity contribution is 7.98. The van der Waals surface area contributed by atoms with E-state index in [4.69, 9.17) is 4.74 Å². The zero-order valence-electron chi connectivity index (χ0n) is 7.31. The molecule has 0 aliphatic rings. The van der Waals surface area contributed by atoms with Crippen LogP contribution in [0.5, 0.6) is 5.75 Å². The average Bonchev–Trinajstić information content (AvgIpc) is 2.16. The zero-order valence-corrected chi connectivity index (χ0v) is 8.13. The van der Waals surface area contributed by atoms with E-state index >= 15 is 0 Å². The third-order valence-electron chi connectivity index (χ3n) is 1.55. The molecular formula is C8H9NO3S. The van der Waals surface area contributed by atoms with E-state index in [0.717, 1.165) is 4.90 Å². The molecule has 1 rings (SSSR count). The van der Waals surface area contributed by atoms with Crippen molar-refractivity contribution in [1.82, 2.24) is 0 Å². The van der Waals surface area contributed by atoms with Gasteiger partial charge in [-0.25, -0.2) is 0 Å². The van der Waals surface area contributed by atoms with Gasteiger partial charge in [0, 0.05) is 11.0 Å². The Labute approximate surface area is 80.1 Å². The van der Waals surface area contributed by atoms with E-state index in [-0.39, 0.29) is 5.69 Å². The number of rotatable bonds is 3. The van der Waals surface area contributed by atoms with Crippen molar-refractivity contribution in [2.45, 2.75) is 4.90 Å². The summed E-state index contributed by atoms with van der Waals surface area (Å²) in [6.07, 6.45) is 1.86. The molecule has 70 valence electrons. The largest absolute Gasteiger partial charge is 0.496 e. The molecule has 0 spiro atoms. The number of hydrogen-bond donors (Lipinski definition) is 0. The van der Waals surface area contributed by atoms with Gasteiger partial charge in [0.2, 0.25) is 0 Å². The number of nitro benzene ring substituents is 1. The number of nitrogens with zero attached hydrogens (tertiary/aromatic N) is 1. The molecule has 5 heteroatoms. The molecule has 0 bridgehead atoms. The molecule has 13 heavy (non-hydrogen) atoms. The standard InChI is InChI=1S/C8H9NO3S/c1-12-7-3-6(9(10)11)4-8(5-7)13-2/h3-5H,1-2H3. The smallest absolute Gasteiger partial charge is 0.274 e. The van der Waals surface area contributed by atoms with Gasteiger partial charge in [-0.05, 0) is 12.3 Å². The number of hydrogen-bond acceptors (Lipinski definition) is 4. The second-order valence-electron chi connectivity index (χ2n) is 2.33. The predicted octanol–water partition coefficient (Wildman–Crippen LogP) is 2.33. The number of non-ortho nitro benzene ring substituents is 1. The van der Waals surface area contributed by atoms with Crippen molar-refractivity contribution >= 4 is 17.4 Å². The molecule has 0 aliphatic heterocycles. The molecule has 0 aliphatic carbocycles. The Morgan fingerprint density at radius 1 is 1.46 bits per heavy atom. The van der Waals surface area contributed by atoms with Gasteiger partial charge in [-0.3, -0.25) is 10.1 Å². The van der Waals surface area contributed by atoms with Crippen LogP contribution in [0, 0.1) is 10.1 Å². The van der Waals surface area contributed by atoms with Gasteiger partial charge >= 0.3 is 0 Å². The molecule has 1 aromatic rings. The third-order valence-corrected chi connectivity index (χ3v) is 2.25. The third kappa shape index (κ3) is 2.35. The minimum atomic E-state index is -0.428. The van der Waals surface area contributed by atoms with E-state index in [1.54, 1.807) is 6.07 Å². The lowest BCUT2D eigenvalue weighted by molar-refractivity contribution is -0.385. The average molecular weight is 199 g/mol. The highest BCUT2D eigenvalue weighted by Gasteiger charge is 2.09. The fourth-order valence-electron chi connectivity index (χ4n) is 0.898. The number of thioether (sulfide) groups is 1. The fourth-order valence-corrected chi connectivity index (χ4v) is 1.37. The maximum Gasteiger partial charge on any atom is 0.274 e. The molecule has 0 amide bonds. The topological polar surface area (TPSA) is 52.4 Å². The number of methoxy groups -OCH3 is 1. The zero-order chi connectivity index (χ0) is 9.84. The van der Waals surface area contributed by atoms with E-state index in [1.165, 1.54) is 31.0 Å². The molecule has 4 nitrogen and oxygen atoms in total. The first-order valence-electron chi connectivity index (χ1n) is 3.55. The highest BCUT2D eigenvalue weighted by Crippen LogP contribution is 2.27. The van der Waals surface area contributed by atoms with E-state index in [1.807, 2.05) is 6.26 Å². The van der Waals surface area contributed by atoms with Gasteiger partial charge in [-0.15, -0.1) is 11.8 Å². The van der Waals surface area contributed by atoms with Crippen molar-refractivity contribution in [1.29, 1.82) is 0 Å². The second-order valence-corrected chi connectivity index (χ2v) is 3.21. The molecule has 0 saturated carbocycles. The summed E-state index contributed by atoms with van der Waals surface area (Å²) >= 11 is 1.45. The molecular weight excluding hydrogens is 190 g/mol. The van der Waals surface area contributed by atoms with Crippen molar-refractivity contribution in [3.63, 3.8) is 0 Å². The van der Waals surface area contributed by atoms with Gasteiger partial charge in [-0.2, -0.15) is 0 Å². The summed E-state index contributed by atoms with van der Waals surface area (Å²) in [7, 11) is 1.49. The Hall–Kier alpha value is -1.23. The van der Waals surface area contributed by atoms with Gasteiger partial charge in [0.15, 0.2) is 0 Å². The van der Waals surface area contributed by atoms with Crippen LogP contribution in [0.15, 0.2) is 23.1 Å². The Morgan fingerprint density at radius 3 is 2.62 bits per heavy atom. The van der Waals surface area contributed by atoms with Gasteiger partial charge in [0.1, 0.15) is 5.75 Å². The van der Waals surface area contributed by atoms with E-state index < -0.39 is 4.92 Å². The van der Waals surface area contributed by atoms with Crippen molar-refractivity contribution < 1.29 is 9.66 Å². The molecule has 0 unspecified atom stereocenters. The van der Waals surface area contributed by atoms with Crippen LogP contribution in [0.3, 0.4) is 0 Å². The fraction of sp³-hybridized carbons (Fsp3) is 0.250. The lowest BCUT2D eigenvalue weighted by Gasteiger charge is -2.01. The predicted molar refractivity (Wildman–Crippen MR) is 51.4 cm³/mol. The SMILES string of the molecule is COc1cc(SC)cc([N+](=O)[O-])c1. The van der Waals surface area contributed by atoms with E-state index in [0.29, 0.717) is 5.75 Å². The van der Waals surface area contributed by atoms with Gasteiger partial charge in [0.25, 0.3) is 5.69 Å². The molecule has 0 aromatic heterocycles. The van der Waals surface area contributed by atoms with Gasteiger partial charge < -0.3 is 4.74 Å². The van der Waals surface area contributed by atoms with Crippen LogP contribution in [0.4, 0.5) is 5.69 Å². The van der Waals surface area contributed by atoms with Crippen LogP contribution in [0.2, 0.25) is 0 Å². The van der Waals surface area contributed by atoms with Crippen LogP contribution < -0.4 is 4.74 Å². The van der Waals surface area contributed by atoms with Crippen LogP contribution in [0.1, 0.15) is 0 Å². The summed E-state index contributed by atoms with van der Waals surface area (Å²) in [5, 5.41) is 10.5. The monoisotopic (exact) mass is 199 g/mol. The molecule has 0 N–H and O–H groups in total. The number of ether oxygens (including phenoxy) is 1. The molecule has 1 aromatic carbocycles. The highest BCUT2D eigenvalue weighted by atomic mass is 32.2. The van der Waals surface area contributed by atoms with E-state index in [2.05, 4.69) is 0 Å². The van der Waals surface area contributed by atoms with Crippen molar-refractivity contribution in [2.24, 2.45) is 0 Å². The molecule has 0 radical (unpaired) electrons. The number of nitro groups is 1. The van der Waals surface area contributed by atoms with E-state index in [9.17, 15) is 10.1 Å². The number of benzene rings is 1. The first-order chi connectivity index (χ1) is 6.17. The lowest BCUT2D eigenvalue weighted by atomic mass is 10.3. The molecule has 0 atom stereocenters. The van der Waals surface area contributed by atoms with Crippen molar-refractivity contribution in [3.05, 3.63) is 28.3 Å². The Balaban J connectivity index is 3.14. The van der Waals surface area contributed by atoms with Crippen LogP contribution in [-0.2, 0) is 0 Å². The lowest BCUT2D eigenvalue weighted by Crippen LogP contribution is -1.90. The first-order valence-corrected chi connectivity index (χ1v) is 4.77. The van der Waals surface area contributed by atoms with Crippen LogP contribution in [0.25, 0.3) is 0 Å². The normalized spacial score (nSPS) is 9.69.